The fourth-order valence-corrected chi connectivity index (χ4v) is 0.253. The van der Waals surface area contributed by atoms with Gasteiger partial charge in [-0.25, -0.2) is 0 Å². The Morgan fingerprint density at radius 2 is 2.25 bits per heavy atom. The molecule has 3 nitrogen and oxygen atoms in total. The summed E-state index contributed by atoms with van der Waals surface area (Å²) in [6, 6.07) is 0. The molecule has 0 aliphatic carbocycles. The third-order valence-corrected chi connectivity index (χ3v) is 0.595. The minimum absolute atomic E-state index is 0. The first-order valence-electron chi connectivity index (χ1n) is 2.19. The van der Waals surface area contributed by atoms with E-state index < -0.39 is 5.97 Å². The Balaban J connectivity index is -0.000000180. The van der Waals surface area contributed by atoms with Crippen molar-refractivity contribution in [1.29, 1.82) is 0 Å². The van der Waals surface area contributed by atoms with Crippen LogP contribution >= 0.6 is 0 Å². The van der Waals surface area contributed by atoms with E-state index in [1.807, 2.05) is 0 Å². The molecule has 0 amide bonds. The van der Waals surface area contributed by atoms with Gasteiger partial charge in [0.15, 0.2) is 0 Å². The summed E-state index contributed by atoms with van der Waals surface area (Å²) < 4.78 is 0. The van der Waals surface area contributed by atoms with Crippen LogP contribution < -0.4 is 35.3 Å². The van der Waals surface area contributed by atoms with E-state index in [0.717, 1.165) is 0 Å². The van der Waals surface area contributed by atoms with Crippen LogP contribution in [0.3, 0.4) is 0 Å². The molecule has 0 heterocycles. The van der Waals surface area contributed by atoms with Gasteiger partial charge in [-0.05, 0) is 13.0 Å². The summed E-state index contributed by atoms with van der Waals surface area (Å²) in [5.74, 6) is -0.773. The summed E-state index contributed by atoms with van der Waals surface area (Å²) in [5, 5.41) is 7.99. The van der Waals surface area contributed by atoms with Gasteiger partial charge >= 0.3 is 35.5 Å². The SMILES string of the molecule is NCCCC(=O)O.[H-].[Na+]. The Kier molecular flexibility index (Phi) is 10.5. The van der Waals surface area contributed by atoms with Crippen LogP contribution in [-0.2, 0) is 4.79 Å². The first kappa shape index (κ1) is 11.3. The molecule has 0 bridgehead atoms. The molecule has 0 saturated carbocycles. The van der Waals surface area contributed by atoms with Crippen molar-refractivity contribution < 1.29 is 40.9 Å². The summed E-state index contributed by atoms with van der Waals surface area (Å²) in [4.78, 5) is 9.70. The van der Waals surface area contributed by atoms with Crippen LogP contribution in [0, 0.1) is 0 Å². The minimum atomic E-state index is -0.773. The van der Waals surface area contributed by atoms with Crippen molar-refractivity contribution in [3.8, 4) is 0 Å². The number of hydrogen-bond acceptors (Lipinski definition) is 2. The maximum Gasteiger partial charge on any atom is 1.00 e. The molecule has 0 aromatic carbocycles. The molecular weight excluding hydrogens is 117 g/mol. The molecule has 0 spiro atoms. The van der Waals surface area contributed by atoms with Crippen molar-refractivity contribution in [3.63, 3.8) is 0 Å². The Morgan fingerprint density at radius 3 is 2.38 bits per heavy atom. The van der Waals surface area contributed by atoms with Crippen molar-refractivity contribution in [2.45, 2.75) is 12.8 Å². The molecule has 4 heteroatoms. The molecule has 0 atom stereocenters. The third-order valence-electron chi connectivity index (χ3n) is 0.595. The first-order chi connectivity index (χ1) is 3.27. The van der Waals surface area contributed by atoms with Gasteiger partial charge in [0.25, 0.3) is 0 Å². The van der Waals surface area contributed by atoms with Crippen LogP contribution in [0.1, 0.15) is 14.3 Å². The average Bonchev–Trinajstić information content (AvgIpc) is 1.61. The van der Waals surface area contributed by atoms with Crippen LogP contribution in [0.4, 0.5) is 0 Å². The minimum Gasteiger partial charge on any atom is -1.00 e. The molecule has 3 N–H and O–H groups in total. The molecule has 0 aliphatic rings. The largest absolute Gasteiger partial charge is 1.00 e. The summed E-state index contributed by atoms with van der Waals surface area (Å²) in [6.07, 6.45) is 0.770. The van der Waals surface area contributed by atoms with Gasteiger partial charge in [0.05, 0.1) is 0 Å². The molecule has 0 fully saturated rings. The normalized spacial score (nSPS) is 7.62. The van der Waals surface area contributed by atoms with Crippen LogP contribution in [0.2, 0.25) is 0 Å². The molecule has 0 saturated heterocycles. The molecular formula is C4H10NNaO2. The first-order valence-corrected chi connectivity index (χ1v) is 2.19. The Labute approximate surface area is 72.0 Å². The van der Waals surface area contributed by atoms with E-state index in [1.165, 1.54) is 0 Å². The molecule has 44 valence electrons. The fourth-order valence-electron chi connectivity index (χ4n) is 0.253. The second-order valence-corrected chi connectivity index (χ2v) is 1.29. The van der Waals surface area contributed by atoms with Crippen molar-refractivity contribution in [3.05, 3.63) is 0 Å². The number of carbonyl (C=O) groups is 1. The van der Waals surface area contributed by atoms with Gasteiger partial charge in [0.2, 0.25) is 0 Å². The number of carboxylic acid groups (broad SMARTS) is 1. The predicted octanol–water partition coefficient (Wildman–Crippen LogP) is -3.07. The zero-order valence-corrected chi connectivity index (χ0v) is 7.05. The quantitative estimate of drug-likeness (QED) is 0.395. The van der Waals surface area contributed by atoms with Crippen molar-refractivity contribution in [2.24, 2.45) is 5.73 Å². The Bertz CT molecular complexity index is 71.6. The second kappa shape index (κ2) is 7.43. The van der Waals surface area contributed by atoms with Gasteiger partial charge in [-0.15, -0.1) is 0 Å². The average molecular weight is 127 g/mol. The summed E-state index contributed by atoms with van der Waals surface area (Å²) in [7, 11) is 0. The summed E-state index contributed by atoms with van der Waals surface area (Å²) >= 11 is 0. The van der Waals surface area contributed by atoms with Crippen molar-refractivity contribution in [1.82, 2.24) is 0 Å². The van der Waals surface area contributed by atoms with E-state index in [1.54, 1.807) is 0 Å². The molecule has 0 aromatic rings. The maximum atomic E-state index is 9.70. The van der Waals surface area contributed by atoms with Gasteiger partial charge in [0.1, 0.15) is 0 Å². The van der Waals surface area contributed by atoms with Gasteiger partial charge in [-0.1, -0.05) is 0 Å². The van der Waals surface area contributed by atoms with E-state index in [4.69, 9.17) is 10.8 Å². The molecule has 0 aromatic heterocycles. The van der Waals surface area contributed by atoms with Crippen LogP contribution in [-0.4, -0.2) is 17.6 Å². The number of aliphatic carboxylic acids is 1. The zero-order chi connectivity index (χ0) is 5.70. The molecule has 0 unspecified atom stereocenters. The zero-order valence-electron chi connectivity index (χ0n) is 6.05. The number of carboxylic acids is 1. The molecule has 0 aliphatic heterocycles. The predicted molar refractivity (Wildman–Crippen MR) is 27.0 cm³/mol. The van der Waals surface area contributed by atoms with Crippen LogP contribution in [0.25, 0.3) is 0 Å². The Morgan fingerprint density at radius 1 is 1.75 bits per heavy atom. The third kappa shape index (κ3) is 9.66. The number of rotatable bonds is 3. The van der Waals surface area contributed by atoms with E-state index in [-0.39, 0.29) is 37.4 Å². The maximum absolute atomic E-state index is 9.70. The van der Waals surface area contributed by atoms with E-state index >= 15 is 0 Å². The molecule has 8 heavy (non-hydrogen) atoms. The summed E-state index contributed by atoms with van der Waals surface area (Å²) in [6.45, 7) is 0.465. The monoisotopic (exact) mass is 127 g/mol. The van der Waals surface area contributed by atoms with E-state index in [2.05, 4.69) is 0 Å². The molecule has 0 rings (SSSR count). The van der Waals surface area contributed by atoms with Crippen molar-refractivity contribution in [2.75, 3.05) is 6.54 Å². The fraction of sp³-hybridized carbons (Fsp3) is 0.750. The van der Waals surface area contributed by atoms with E-state index in [0.29, 0.717) is 13.0 Å². The topological polar surface area (TPSA) is 63.3 Å². The molecule has 0 radical (unpaired) electrons. The van der Waals surface area contributed by atoms with Gasteiger partial charge < -0.3 is 12.3 Å². The van der Waals surface area contributed by atoms with Gasteiger partial charge in [-0.2, -0.15) is 0 Å². The van der Waals surface area contributed by atoms with E-state index in [9.17, 15) is 4.79 Å². The van der Waals surface area contributed by atoms with Crippen LogP contribution in [0.5, 0.6) is 0 Å². The standard InChI is InChI=1S/C4H9NO2.Na.H/c5-3-1-2-4(6)7;;/h1-3,5H2,(H,6,7);;/q;+1;-1. The second-order valence-electron chi connectivity index (χ2n) is 1.29. The van der Waals surface area contributed by atoms with Crippen molar-refractivity contribution >= 4 is 5.97 Å². The van der Waals surface area contributed by atoms with Gasteiger partial charge in [0, 0.05) is 6.42 Å². The van der Waals surface area contributed by atoms with Gasteiger partial charge in [-0.3, -0.25) is 4.79 Å². The number of hydrogen-bond donors (Lipinski definition) is 2. The number of nitrogens with two attached hydrogens (primary N) is 1. The Hall–Kier alpha value is 0.430. The smallest absolute Gasteiger partial charge is 1.00 e. The van der Waals surface area contributed by atoms with Crippen LogP contribution in [0.15, 0.2) is 0 Å². The summed E-state index contributed by atoms with van der Waals surface area (Å²) in [5.41, 5.74) is 5.01.